The summed E-state index contributed by atoms with van der Waals surface area (Å²) >= 11 is 0. The highest BCUT2D eigenvalue weighted by atomic mass is 35.5. The zero-order chi connectivity index (χ0) is 8.81. The van der Waals surface area contributed by atoms with Gasteiger partial charge in [0.15, 0.2) is 0 Å². The number of hydrogen-bond acceptors (Lipinski definition) is 3. The summed E-state index contributed by atoms with van der Waals surface area (Å²) in [5.41, 5.74) is 5.79. The van der Waals surface area contributed by atoms with E-state index in [1.165, 1.54) is 6.20 Å². The van der Waals surface area contributed by atoms with Crippen LogP contribution in [-0.4, -0.2) is 24.0 Å². The van der Waals surface area contributed by atoms with Crippen molar-refractivity contribution in [3.05, 3.63) is 30.1 Å². The van der Waals surface area contributed by atoms with E-state index in [0.29, 0.717) is 18.7 Å². The normalized spacial score (nSPS) is 8.69. The predicted molar refractivity (Wildman–Crippen MR) is 52.9 cm³/mol. The standard InChI is InChI=1S/C8H11N3O.ClH/c9-3-5-11-8(12)7-2-1-4-10-6-7;/h1-2,4,6H,3,5,9H2,(H,11,12);1H. The van der Waals surface area contributed by atoms with Crippen LogP contribution in [0.25, 0.3) is 0 Å². The third kappa shape index (κ3) is 3.87. The molecule has 13 heavy (non-hydrogen) atoms. The van der Waals surface area contributed by atoms with Gasteiger partial charge >= 0.3 is 0 Å². The molecule has 0 aliphatic carbocycles. The summed E-state index contributed by atoms with van der Waals surface area (Å²) in [6.07, 6.45) is 3.14. The van der Waals surface area contributed by atoms with Crippen molar-refractivity contribution in [2.24, 2.45) is 5.73 Å². The van der Waals surface area contributed by atoms with Crippen LogP contribution in [0.5, 0.6) is 0 Å². The Balaban J connectivity index is 0.00000144. The molecule has 0 aliphatic heterocycles. The minimum Gasteiger partial charge on any atom is -0.351 e. The van der Waals surface area contributed by atoms with E-state index >= 15 is 0 Å². The molecule has 0 aromatic carbocycles. The maximum atomic E-state index is 11.2. The van der Waals surface area contributed by atoms with Gasteiger partial charge in [0.05, 0.1) is 5.56 Å². The van der Waals surface area contributed by atoms with Crippen LogP contribution < -0.4 is 11.1 Å². The molecule has 0 atom stereocenters. The molecule has 0 bridgehead atoms. The Bertz CT molecular complexity index is 253. The first-order valence-corrected chi connectivity index (χ1v) is 3.73. The Kier molecular flexibility index (Phi) is 5.84. The van der Waals surface area contributed by atoms with Crippen LogP contribution in [0.15, 0.2) is 24.5 Å². The fourth-order valence-corrected chi connectivity index (χ4v) is 0.785. The van der Waals surface area contributed by atoms with Gasteiger partial charge in [-0.15, -0.1) is 12.4 Å². The number of aromatic nitrogens is 1. The van der Waals surface area contributed by atoms with Crippen molar-refractivity contribution in [3.8, 4) is 0 Å². The number of nitrogens with one attached hydrogen (secondary N) is 1. The highest BCUT2D eigenvalue weighted by molar-refractivity contribution is 5.93. The van der Waals surface area contributed by atoms with Gasteiger partial charge in [0.1, 0.15) is 0 Å². The maximum absolute atomic E-state index is 11.2. The van der Waals surface area contributed by atoms with Gasteiger partial charge < -0.3 is 11.1 Å². The van der Waals surface area contributed by atoms with Crippen molar-refractivity contribution >= 4 is 18.3 Å². The number of carbonyl (C=O) groups excluding carboxylic acids is 1. The third-order valence-electron chi connectivity index (χ3n) is 1.35. The van der Waals surface area contributed by atoms with Crippen LogP contribution in [0.4, 0.5) is 0 Å². The van der Waals surface area contributed by atoms with E-state index < -0.39 is 0 Å². The molecule has 4 nitrogen and oxygen atoms in total. The first kappa shape index (κ1) is 11.9. The van der Waals surface area contributed by atoms with Crippen LogP contribution in [0, 0.1) is 0 Å². The summed E-state index contributed by atoms with van der Waals surface area (Å²) in [5.74, 6) is -0.131. The summed E-state index contributed by atoms with van der Waals surface area (Å²) in [6, 6.07) is 3.43. The summed E-state index contributed by atoms with van der Waals surface area (Å²) in [4.78, 5) is 15.0. The highest BCUT2D eigenvalue weighted by Crippen LogP contribution is 1.93. The van der Waals surface area contributed by atoms with E-state index in [4.69, 9.17) is 5.73 Å². The topological polar surface area (TPSA) is 68.0 Å². The zero-order valence-corrected chi connectivity index (χ0v) is 7.88. The first-order chi connectivity index (χ1) is 5.84. The van der Waals surface area contributed by atoms with Crippen LogP contribution >= 0.6 is 12.4 Å². The average molecular weight is 202 g/mol. The summed E-state index contributed by atoms with van der Waals surface area (Å²) < 4.78 is 0. The lowest BCUT2D eigenvalue weighted by Crippen LogP contribution is -2.28. The van der Waals surface area contributed by atoms with Gasteiger partial charge in [-0.05, 0) is 12.1 Å². The van der Waals surface area contributed by atoms with Crippen molar-refractivity contribution < 1.29 is 4.79 Å². The SMILES string of the molecule is Cl.NCCNC(=O)c1cccnc1. The largest absolute Gasteiger partial charge is 0.351 e. The van der Waals surface area contributed by atoms with Crippen molar-refractivity contribution in [2.75, 3.05) is 13.1 Å². The quantitative estimate of drug-likeness (QED) is 0.734. The van der Waals surface area contributed by atoms with E-state index in [1.54, 1.807) is 18.3 Å². The molecule has 1 heterocycles. The van der Waals surface area contributed by atoms with Crippen molar-refractivity contribution in [1.29, 1.82) is 0 Å². The van der Waals surface area contributed by atoms with Gasteiger partial charge in [-0.25, -0.2) is 0 Å². The number of hydrogen-bond donors (Lipinski definition) is 2. The van der Waals surface area contributed by atoms with E-state index in [2.05, 4.69) is 10.3 Å². The van der Waals surface area contributed by atoms with E-state index in [9.17, 15) is 4.79 Å². The van der Waals surface area contributed by atoms with Gasteiger partial charge in [-0.3, -0.25) is 9.78 Å². The predicted octanol–water partition coefficient (Wildman–Crippen LogP) is 0.192. The van der Waals surface area contributed by atoms with Crippen LogP contribution in [0.1, 0.15) is 10.4 Å². The molecule has 0 aliphatic rings. The monoisotopic (exact) mass is 201 g/mol. The molecule has 72 valence electrons. The molecule has 0 fully saturated rings. The summed E-state index contributed by atoms with van der Waals surface area (Å²) in [5, 5.41) is 2.64. The minimum absolute atomic E-state index is 0. The van der Waals surface area contributed by atoms with Crippen molar-refractivity contribution in [2.45, 2.75) is 0 Å². The number of halogens is 1. The van der Waals surface area contributed by atoms with Crippen LogP contribution in [-0.2, 0) is 0 Å². The van der Waals surface area contributed by atoms with E-state index in [-0.39, 0.29) is 18.3 Å². The van der Waals surface area contributed by atoms with Gasteiger partial charge in [0.2, 0.25) is 0 Å². The Labute approximate surface area is 83.0 Å². The Morgan fingerprint density at radius 1 is 1.62 bits per heavy atom. The molecule has 0 saturated heterocycles. The lowest BCUT2D eigenvalue weighted by molar-refractivity contribution is 0.0954. The van der Waals surface area contributed by atoms with Gasteiger partial charge in [0, 0.05) is 25.5 Å². The summed E-state index contributed by atoms with van der Waals surface area (Å²) in [6.45, 7) is 0.944. The molecule has 1 aromatic heterocycles. The lowest BCUT2D eigenvalue weighted by Gasteiger charge is -2.01. The Morgan fingerprint density at radius 2 is 2.38 bits per heavy atom. The molecule has 0 unspecified atom stereocenters. The molecule has 0 spiro atoms. The fourth-order valence-electron chi connectivity index (χ4n) is 0.785. The van der Waals surface area contributed by atoms with Crippen LogP contribution in [0.2, 0.25) is 0 Å². The zero-order valence-electron chi connectivity index (χ0n) is 7.06. The van der Waals surface area contributed by atoms with E-state index in [1.807, 2.05) is 0 Å². The lowest BCUT2D eigenvalue weighted by atomic mass is 10.3. The average Bonchev–Trinajstić information content (AvgIpc) is 2.15. The van der Waals surface area contributed by atoms with Gasteiger partial charge in [0.25, 0.3) is 5.91 Å². The van der Waals surface area contributed by atoms with Crippen molar-refractivity contribution in [3.63, 3.8) is 0 Å². The molecule has 3 N–H and O–H groups in total. The molecular formula is C8H12ClN3O. The maximum Gasteiger partial charge on any atom is 0.252 e. The van der Waals surface area contributed by atoms with Gasteiger partial charge in [-0.1, -0.05) is 0 Å². The fraction of sp³-hybridized carbons (Fsp3) is 0.250. The van der Waals surface area contributed by atoms with Gasteiger partial charge in [-0.2, -0.15) is 0 Å². The molecule has 1 aromatic rings. The number of rotatable bonds is 3. The van der Waals surface area contributed by atoms with Crippen LogP contribution in [0.3, 0.4) is 0 Å². The molecule has 0 saturated carbocycles. The smallest absolute Gasteiger partial charge is 0.252 e. The number of amides is 1. The second kappa shape index (κ2) is 6.39. The summed E-state index contributed by atoms with van der Waals surface area (Å²) in [7, 11) is 0. The Hall–Kier alpha value is -1.13. The number of nitrogens with zero attached hydrogens (tertiary/aromatic N) is 1. The highest BCUT2D eigenvalue weighted by Gasteiger charge is 2.01. The Morgan fingerprint density at radius 3 is 2.92 bits per heavy atom. The molecule has 5 heteroatoms. The van der Waals surface area contributed by atoms with E-state index in [0.717, 1.165) is 0 Å². The number of pyridine rings is 1. The molecule has 1 rings (SSSR count). The van der Waals surface area contributed by atoms with Crippen molar-refractivity contribution in [1.82, 2.24) is 10.3 Å². The number of carbonyl (C=O) groups is 1. The minimum atomic E-state index is -0.131. The third-order valence-corrected chi connectivity index (χ3v) is 1.35. The molecule has 0 radical (unpaired) electrons. The number of nitrogens with two attached hydrogens (primary N) is 1. The molecular weight excluding hydrogens is 190 g/mol. The first-order valence-electron chi connectivity index (χ1n) is 3.73. The second-order valence-corrected chi connectivity index (χ2v) is 2.29. The second-order valence-electron chi connectivity index (χ2n) is 2.29. The molecule has 1 amide bonds.